The number of aromatic nitrogens is 4. The Kier molecular flexibility index (Phi) is 5.88. The number of carbonyl (C=O) groups is 1. The van der Waals surface area contributed by atoms with E-state index < -0.39 is 5.60 Å². The number of hydrogen-bond donors (Lipinski definition) is 3. The van der Waals surface area contributed by atoms with Gasteiger partial charge < -0.3 is 20.3 Å². The molecule has 178 valence electrons. The van der Waals surface area contributed by atoms with E-state index in [-0.39, 0.29) is 24.2 Å². The van der Waals surface area contributed by atoms with Gasteiger partial charge in [0.1, 0.15) is 5.60 Å². The predicted molar refractivity (Wildman–Crippen MR) is 129 cm³/mol. The van der Waals surface area contributed by atoms with Crippen molar-refractivity contribution in [2.24, 2.45) is 0 Å². The number of aromatic amines is 1. The second-order valence-corrected chi connectivity index (χ2v) is 11.4. The summed E-state index contributed by atoms with van der Waals surface area (Å²) in [7, 11) is 0. The van der Waals surface area contributed by atoms with Crippen LogP contribution in [0.25, 0.3) is 0 Å². The molecule has 3 N–H and O–H groups in total. The number of hydrogen-bond acceptors (Lipinski definition) is 8. The van der Waals surface area contributed by atoms with Gasteiger partial charge in [0, 0.05) is 42.1 Å². The van der Waals surface area contributed by atoms with Crippen LogP contribution < -0.4 is 10.6 Å². The molecule has 5 rings (SSSR count). The minimum absolute atomic E-state index is 0.178. The predicted octanol–water partition coefficient (Wildman–Crippen LogP) is 4.63. The lowest BCUT2D eigenvalue weighted by atomic mass is 9.82. The molecule has 10 heteroatoms. The zero-order chi connectivity index (χ0) is 23.2. The van der Waals surface area contributed by atoms with E-state index in [9.17, 15) is 4.79 Å². The van der Waals surface area contributed by atoms with Gasteiger partial charge in [0.15, 0.2) is 11.6 Å². The second kappa shape index (κ2) is 8.70. The number of nitrogens with one attached hydrogen (secondary N) is 3. The van der Waals surface area contributed by atoms with Crippen molar-refractivity contribution in [3.8, 4) is 0 Å². The van der Waals surface area contributed by atoms with Gasteiger partial charge in [-0.05, 0) is 59.8 Å². The highest BCUT2D eigenvalue weighted by molar-refractivity contribution is 7.99. The Hall–Kier alpha value is -2.49. The van der Waals surface area contributed by atoms with Crippen LogP contribution in [0.4, 0.5) is 22.4 Å². The molecule has 3 aliphatic heterocycles. The molecule has 0 saturated carbocycles. The summed E-state index contributed by atoms with van der Waals surface area (Å²) in [6.07, 6.45) is 5.71. The van der Waals surface area contributed by atoms with Crippen molar-refractivity contribution >= 4 is 35.4 Å². The molecule has 2 aromatic heterocycles. The van der Waals surface area contributed by atoms with Crippen LogP contribution in [-0.2, 0) is 11.2 Å². The van der Waals surface area contributed by atoms with Gasteiger partial charge in [-0.15, -0.1) is 11.8 Å². The van der Waals surface area contributed by atoms with E-state index in [4.69, 9.17) is 14.7 Å². The van der Waals surface area contributed by atoms with Gasteiger partial charge in [-0.3, -0.25) is 5.10 Å². The summed E-state index contributed by atoms with van der Waals surface area (Å²) < 4.78 is 5.71. The van der Waals surface area contributed by atoms with Crippen molar-refractivity contribution in [3.63, 3.8) is 0 Å². The fourth-order valence-corrected chi connectivity index (χ4v) is 6.16. The fraction of sp³-hybridized carbons (Fsp3) is 0.652. The number of fused-ring (bicyclic) bond motifs is 3. The molecular formula is C23H33N7O2S. The van der Waals surface area contributed by atoms with Gasteiger partial charge in [0.25, 0.3) is 0 Å². The van der Waals surface area contributed by atoms with Gasteiger partial charge in [-0.1, -0.05) is 0 Å². The first-order valence-electron chi connectivity index (χ1n) is 11.9. The number of thioether (sulfide) groups is 1. The summed E-state index contributed by atoms with van der Waals surface area (Å²) >= 11 is 1.79. The Morgan fingerprint density at radius 2 is 2.00 bits per heavy atom. The SMILES string of the molecule is Cc1cc(Nc2nc(NC3C[C@H]4CCC[C@@H](C3)N4C(=O)OC(C)(C)C)nc3c2SCC3)n[nH]1. The Morgan fingerprint density at radius 3 is 2.67 bits per heavy atom. The van der Waals surface area contributed by atoms with Gasteiger partial charge >= 0.3 is 6.09 Å². The highest BCUT2D eigenvalue weighted by Crippen LogP contribution is 2.39. The summed E-state index contributed by atoms with van der Waals surface area (Å²) in [4.78, 5) is 25.6. The van der Waals surface area contributed by atoms with Crippen molar-refractivity contribution in [2.75, 3.05) is 16.4 Å². The van der Waals surface area contributed by atoms with Crippen LogP contribution in [0.15, 0.2) is 11.0 Å². The third-order valence-electron chi connectivity index (χ3n) is 6.39. The van der Waals surface area contributed by atoms with Gasteiger partial charge in [-0.25, -0.2) is 9.78 Å². The molecule has 0 aromatic carbocycles. The van der Waals surface area contributed by atoms with Gasteiger partial charge in [-0.2, -0.15) is 10.1 Å². The number of ether oxygens (including phenoxy) is 1. The molecule has 1 amide bonds. The number of piperidine rings is 2. The van der Waals surface area contributed by atoms with Crippen LogP contribution in [-0.4, -0.2) is 60.6 Å². The van der Waals surface area contributed by atoms with E-state index in [1.807, 2.05) is 38.7 Å². The molecular weight excluding hydrogens is 438 g/mol. The minimum Gasteiger partial charge on any atom is -0.444 e. The standard InChI is InChI=1S/C23H33N7O2S/c1-13-10-18(29-28-13)26-20-19-17(8-9-33-19)25-21(27-20)24-14-11-15-6-5-7-16(12-14)30(15)22(31)32-23(2,3)4/h10,14-16H,5-9,11-12H2,1-4H3,(H3,24,25,26,27,28,29)/t14?,15-,16+. The first kappa shape index (κ1) is 22.3. The van der Waals surface area contributed by atoms with Crippen LogP contribution >= 0.6 is 11.8 Å². The Balaban J connectivity index is 1.32. The molecule has 0 radical (unpaired) electrons. The molecule has 2 fully saturated rings. The van der Waals surface area contributed by atoms with E-state index in [2.05, 4.69) is 20.8 Å². The molecule has 5 heterocycles. The largest absolute Gasteiger partial charge is 0.444 e. The molecule has 3 aliphatic rings. The van der Waals surface area contributed by atoms with E-state index in [0.717, 1.165) is 72.2 Å². The molecule has 0 aliphatic carbocycles. The maximum atomic E-state index is 12.9. The number of amides is 1. The zero-order valence-corrected chi connectivity index (χ0v) is 20.6. The average molecular weight is 472 g/mol. The van der Waals surface area contributed by atoms with E-state index >= 15 is 0 Å². The number of rotatable bonds is 4. The number of carbonyl (C=O) groups excluding carboxylic acids is 1. The van der Waals surface area contributed by atoms with Crippen molar-refractivity contribution in [1.82, 2.24) is 25.1 Å². The van der Waals surface area contributed by atoms with E-state index in [0.29, 0.717) is 5.95 Å². The lowest BCUT2D eigenvalue weighted by molar-refractivity contribution is -0.0199. The molecule has 2 saturated heterocycles. The topological polar surface area (TPSA) is 108 Å². The molecule has 2 aromatic rings. The summed E-state index contributed by atoms with van der Waals surface area (Å²) in [5, 5.41) is 14.2. The highest BCUT2D eigenvalue weighted by Gasteiger charge is 2.42. The summed E-state index contributed by atoms with van der Waals surface area (Å²) in [5.41, 5.74) is 1.60. The first-order chi connectivity index (χ1) is 15.7. The molecule has 3 atom stereocenters. The quantitative estimate of drug-likeness (QED) is 0.592. The number of aryl methyl sites for hydroxylation is 2. The minimum atomic E-state index is -0.479. The monoisotopic (exact) mass is 471 g/mol. The van der Waals surface area contributed by atoms with Crippen molar-refractivity contribution in [2.45, 2.75) is 94.8 Å². The number of nitrogens with zero attached hydrogens (tertiary/aromatic N) is 4. The van der Waals surface area contributed by atoms with Crippen molar-refractivity contribution in [3.05, 3.63) is 17.5 Å². The van der Waals surface area contributed by atoms with Crippen LogP contribution in [0.3, 0.4) is 0 Å². The third kappa shape index (κ3) is 4.90. The first-order valence-corrected chi connectivity index (χ1v) is 12.8. The van der Waals surface area contributed by atoms with E-state index in [1.54, 1.807) is 11.8 Å². The summed E-state index contributed by atoms with van der Waals surface area (Å²) in [6, 6.07) is 2.58. The Bertz CT molecular complexity index is 1020. The smallest absolute Gasteiger partial charge is 0.410 e. The zero-order valence-electron chi connectivity index (χ0n) is 19.8. The van der Waals surface area contributed by atoms with Crippen molar-refractivity contribution in [1.29, 1.82) is 0 Å². The lowest BCUT2D eigenvalue weighted by Gasteiger charge is -2.48. The van der Waals surface area contributed by atoms with Crippen LogP contribution in [0, 0.1) is 6.92 Å². The summed E-state index contributed by atoms with van der Waals surface area (Å²) in [6.45, 7) is 7.75. The van der Waals surface area contributed by atoms with Crippen LogP contribution in [0.1, 0.15) is 64.3 Å². The Labute approximate surface area is 198 Å². The van der Waals surface area contributed by atoms with Crippen LogP contribution in [0.2, 0.25) is 0 Å². The molecule has 1 unspecified atom stereocenters. The normalized spacial score (nSPS) is 24.4. The third-order valence-corrected chi connectivity index (χ3v) is 7.51. The average Bonchev–Trinajstić information content (AvgIpc) is 3.35. The van der Waals surface area contributed by atoms with Gasteiger partial charge in [0.05, 0.1) is 10.6 Å². The molecule has 2 bridgehead atoms. The lowest BCUT2D eigenvalue weighted by Crippen LogP contribution is -2.58. The Morgan fingerprint density at radius 1 is 1.24 bits per heavy atom. The van der Waals surface area contributed by atoms with E-state index in [1.165, 1.54) is 0 Å². The number of H-pyrrole nitrogens is 1. The molecule has 0 spiro atoms. The van der Waals surface area contributed by atoms with Crippen molar-refractivity contribution < 1.29 is 9.53 Å². The highest BCUT2D eigenvalue weighted by atomic mass is 32.2. The molecule has 33 heavy (non-hydrogen) atoms. The summed E-state index contributed by atoms with van der Waals surface area (Å²) in [5.74, 6) is 3.23. The van der Waals surface area contributed by atoms with Gasteiger partial charge in [0.2, 0.25) is 5.95 Å². The maximum absolute atomic E-state index is 12.9. The van der Waals surface area contributed by atoms with Crippen LogP contribution in [0.5, 0.6) is 0 Å². The second-order valence-electron chi connectivity index (χ2n) is 10.3. The molecule has 9 nitrogen and oxygen atoms in total. The number of anilines is 3. The maximum Gasteiger partial charge on any atom is 0.410 e. The fourth-order valence-electron chi connectivity index (χ4n) is 5.11.